The van der Waals surface area contributed by atoms with Gasteiger partial charge in [0.1, 0.15) is 10.6 Å². The summed E-state index contributed by atoms with van der Waals surface area (Å²) in [6.07, 6.45) is 6.09. The summed E-state index contributed by atoms with van der Waals surface area (Å²) in [6.45, 7) is 5.92. The number of hydrogen-bond acceptors (Lipinski definition) is 6. The molecule has 1 aliphatic rings. The molecular formula is C18H20N4OS. The maximum absolute atomic E-state index is 5.72. The van der Waals surface area contributed by atoms with Crippen molar-refractivity contribution in [1.29, 1.82) is 0 Å². The van der Waals surface area contributed by atoms with E-state index in [0.717, 1.165) is 47.6 Å². The molecule has 5 nitrogen and oxygen atoms in total. The molecule has 124 valence electrons. The SMILES string of the molecule is Cc1sc2nc(-c3cccnc3)nc(NC[C@H]3CCCO3)c2c1C. The first-order valence-electron chi connectivity index (χ1n) is 8.26. The lowest BCUT2D eigenvalue weighted by atomic mass is 10.2. The van der Waals surface area contributed by atoms with Crippen molar-refractivity contribution in [1.82, 2.24) is 15.0 Å². The Kier molecular flexibility index (Phi) is 4.16. The third-order valence-electron chi connectivity index (χ3n) is 4.47. The van der Waals surface area contributed by atoms with Gasteiger partial charge in [-0.05, 0) is 44.4 Å². The molecule has 1 atom stereocenters. The quantitative estimate of drug-likeness (QED) is 0.779. The van der Waals surface area contributed by atoms with E-state index in [1.54, 1.807) is 23.7 Å². The van der Waals surface area contributed by atoms with Crippen molar-refractivity contribution in [3.05, 3.63) is 35.0 Å². The number of anilines is 1. The molecule has 1 fully saturated rings. The van der Waals surface area contributed by atoms with Crippen LogP contribution in [0.3, 0.4) is 0 Å². The van der Waals surface area contributed by atoms with Gasteiger partial charge in [0.2, 0.25) is 0 Å². The molecule has 1 saturated heterocycles. The fraction of sp³-hybridized carbons (Fsp3) is 0.389. The van der Waals surface area contributed by atoms with E-state index >= 15 is 0 Å². The van der Waals surface area contributed by atoms with Gasteiger partial charge in [-0.2, -0.15) is 0 Å². The van der Waals surface area contributed by atoms with E-state index in [9.17, 15) is 0 Å². The highest BCUT2D eigenvalue weighted by Gasteiger charge is 2.19. The second-order valence-corrected chi connectivity index (χ2v) is 7.32. The standard InChI is InChI=1S/C18H20N4OS/c1-11-12(2)24-18-15(11)17(20-10-14-6-4-8-23-14)21-16(22-18)13-5-3-7-19-9-13/h3,5,7,9,14H,4,6,8,10H2,1-2H3,(H,20,21,22)/t14-/m1/s1. The van der Waals surface area contributed by atoms with Crippen LogP contribution in [0.15, 0.2) is 24.5 Å². The Morgan fingerprint density at radius 3 is 3.00 bits per heavy atom. The molecule has 0 bridgehead atoms. The van der Waals surface area contributed by atoms with Crippen LogP contribution in [0.1, 0.15) is 23.3 Å². The lowest BCUT2D eigenvalue weighted by Gasteiger charge is -2.13. The summed E-state index contributed by atoms with van der Waals surface area (Å²) in [5.74, 6) is 1.61. The second kappa shape index (κ2) is 6.45. The molecule has 0 radical (unpaired) electrons. The average Bonchev–Trinajstić information content (AvgIpc) is 3.22. The molecule has 6 heteroatoms. The van der Waals surface area contributed by atoms with Gasteiger partial charge in [-0.3, -0.25) is 4.98 Å². The molecule has 0 spiro atoms. The Morgan fingerprint density at radius 1 is 1.33 bits per heavy atom. The van der Waals surface area contributed by atoms with Gasteiger partial charge in [0.05, 0.1) is 11.5 Å². The second-order valence-electron chi connectivity index (χ2n) is 6.12. The Balaban J connectivity index is 1.76. The largest absolute Gasteiger partial charge is 0.376 e. The summed E-state index contributed by atoms with van der Waals surface area (Å²) >= 11 is 1.72. The number of nitrogens with zero attached hydrogens (tertiary/aromatic N) is 3. The third kappa shape index (κ3) is 2.87. The van der Waals surface area contributed by atoms with Crippen LogP contribution in [0.5, 0.6) is 0 Å². The predicted molar refractivity (Wildman–Crippen MR) is 97.6 cm³/mol. The Hall–Kier alpha value is -2.05. The van der Waals surface area contributed by atoms with Crippen LogP contribution in [0, 0.1) is 13.8 Å². The average molecular weight is 340 g/mol. The molecule has 0 saturated carbocycles. The van der Waals surface area contributed by atoms with Crippen molar-refractivity contribution < 1.29 is 4.74 Å². The number of hydrogen-bond donors (Lipinski definition) is 1. The van der Waals surface area contributed by atoms with Gasteiger partial charge < -0.3 is 10.1 Å². The Labute approximate surface area is 145 Å². The number of nitrogens with one attached hydrogen (secondary N) is 1. The minimum absolute atomic E-state index is 0.275. The summed E-state index contributed by atoms with van der Waals surface area (Å²) in [5.41, 5.74) is 2.19. The normalized spacial score (nSPS) is 17.5. The Morgan fingerprint density at radius 2 is 2.25 bits per heavy atom. The maximum Gasteiger partial charge on any atom is 0.164 e. The maximum atomic E-state index is 5.72. The number of thiophene rings is 1. The molecule has 0 unspecified atom stereocenters. The van der Waals surface area contributed by atoms with Gasteiger partial charge in [-0.15, -0.1) is 11.3 Å². The van der Waals surface area contributed by atoms with Crippen molar-refractivity contribution in [2.45, 2.75) is 32.8 Å². The number of aromatic nitrogens is 3. The van der Waals surface area contributed by atoms with E-state index in [4.69, 9.17) is 14.7 Å². The third-order valence-corrected chi connectivity index (χ3v) is 5.57. The van der Waals surface area contributed by atoms with E-state index < -0.39 is 0 Å². The smallest absolute Gasteiger partial charge is 0.164 e. The van der Waals surface area contributed by atoms with E-state index in [1.165, 1.54) is 10.4 Å². The van der Waals surface area contributed by atoms with Crippen molar-refractivity contribution in [3.63, 3.8) is 0 Å². The van der Waals surface area contributed by atoms with Crippen molar-refractivity contribution in [2.24, 2.45) is 0 Å². The topological polar surface area (TPSA) is 59.9 Å². The molecule has 24 heavy (non-hydrogen) atoms. The monoisotopic (exact) mass is 340 g/mol. The van der Waals surface area contributed by atoms with E-state index in [-0.39, 0.29) is 6.10 Å². The molecule has 4 rings (SSSR count). The zero-order valence-electron chi connectivity index (χ0n) is 13.9. The zero-order chi connectivity index (χ0) is 16.5. The highest BCUT2D eigenvalue weighted by Crippen LogP contribution is 2.35. The highest BCUT2D eigenvalue weighted by molar-refractivity contribution is 7.18. The van der Waals surface area contributed by atoms with Crippen LogP contribution in [-0.2, 0) is 4.74 Å². The molecule has 0 amide bonds. The van der Waals surface area contributed by atoms with Gasteiger partial charge in [0, 0.05) is 36.0 Å². The fourth-order valence-corrected chi connectivity index (χ4v) is 4.05. The Bertz CT molecular complexity index is 856. The van der Waals surface area contributed by atoms with E-state index in [2.05, 4.69) is 24.1 Å². The number of aryl methyl sites for hydroxylation is 2. The van der Waals surface area contributed by atoms with Crippen LogP contribution in [0.4, 0.5) is 5.82 Å². The van der Waals surface area contributed by atoms with Crippen molar-refractivity contribution in [2.75, 3.05) is 18.5 Å². The van der Waals surface area contributed by atoms with Crippen LogP contribution in [-0.4, -0.2) is 34.2 Å². The molecule has 3 aromatic heterocycles. The van der Waals surface area contributed by atoms with Crippen LogP contribution in [0.2, 0.25) is 0 Å². The van der Waals surface area contributed by atoms with Crippen LogP contribution < -0.4 is 5.32 Å². The summed E-state index contributed by atoms with van der Waals surface area (Å²) in [4.78, 5) is 16.0. The summed E-state index contributed by atoms with van der Waals surface area (Å²) in [6, 6.07) is 3.90. The van der Waals surface area contributed by atoms with Crippen molar-refractivity contribution in [3.8, 4) is 11.4 Å². The number of rotatable bonds is 4. The predicted octanol–water partition coefficient (Wildman–Crippen LogP) is 3.96. The summed E-state index contributed by atoms with van der Waals surface area (Å²) in [7, 11) is 0. The minimum Gasteiger partial charge on any atom is -0.376 e. The summed E-state index contributed by atoms with van der Waals surface area (Å²) in [5, 5.41) is 4.63. The van der Waals surface area contributed by atoms with Gasteiger partial charge in [-0.1, -0.05) is 0 Å². The highest BCUT2D eigenvalue weighted by atomic mass is 32.1. The van der Waals surface area contributed by atoms with Gasteiger partial charge in [0.15, 0.2) is 5.82 Å². The lowest BCUT2D eigenvalue weighted by molar-refractivity contribution is 0.120. The zero-order valence-corrected chi connectivity index (χ0v) is 14.7. The molecule has 1 aliphatic heterocycles. The summed E-state index contributed by atoms with van der Waals surface area (Å²) < 4.78 is 5.72. The van der Waals surface area contributed by atoms with Crippen LogP contribution in [0.25, 0.3) is 21.6 Å². The van der Waals surface area contributed by atoms with Gasteiger partial charge in [-0.25, -0.2) is 9.97 Å². The number of fused-ring (bicyclic) bond motifs is 1. The molecular weight excluding hydrogens is 320 g/mol. The first-order chi connectivity index (χ1) is 11.7. The molecule has 4 heterocycles. The van der Waals surface area contributed by atoms with Gasteiger partial charge in [0.25, 0.3) is 0 Å². The first kappa shape index (κ1) is 15.5. The fourth-order valence-electron chi connectivity index (χ4n) is 3.02. The van der Waals surface area contributed by atoms with Crippen LogP contribution >= 0.6 is 11.3 Å². The molecule has 1 N–H and O–H groups in total. The van der Waals surface area contributed by atoms with Crippen molar-refractivity contribution >= 4 is 27.4 Å². The molecule has 0 aliphatic carbocycles. The number of ether oxygens (including phenoxy) is 1. The van der Waals surface area contributed by atoms with Gasteiger partial charge >= 0.3 is 0 Å². The first-order valence-corrected chi connectivity index (χ1v) is 9.07. The number of pyridine rings is 1. The molecule has 0 aromatic carbocycles. The minimum atomic E-state index is 0.275. The lowest BCUT2D eigenvalue weighted by Crippen LogP contribution is -2.19. The van der Waals surface area contributed by atoms with E-state index in [0.29, 0.717) is 5.82 Å². The van der Waals surface area contributed by atoms with E-state index in [1.807, 2.05) is 12.1 Å². The molecule has 3 aromatic rings.